The molecule has 1 aromatic carbocycles. The molecular formula is C16H24ClNO4. The van der Waals surface area contributed by atoms with Crippen LogP contribution in [0.5, 0.6) is 0 Å². The van der Waals surface area contributed by atoms with Crippen LogP contribution in [0.3, 0.4) is 0 Å². The lowest BCUT2D eigenvalue weighted by molar-refractivity contribution is -0.137. The third-order valence-electron chi connectivity index (χ3n) is 4.12. The van der Waals surface area contributed by atoms with Gasteiger partial charge >= 0.3 is 5.97 Å². The molecule has 0 aliphatic heterocycles. The van der Waals surface area contributed by atoms with Gasteiger partial charge in [-0.05, 0) is 36.1 Å². The number of methoxy groups -OCH3 is 1. The van der Waals surface area contributed by atoms with Crippen LogP contribution in [0.4, 0.5) is 0 Å². The third kappa shape index (κ3) is 4.68. The SMILES string of the molecule is CCC(CO)(CCOC)c1cc(Cl)cc(C(N)CC(=O)O)c1. The van der Waals surface area contributed by atoms with Gasteiger partial charge in [-0.15, -0.1) is 0 Å². The summed E-state index contributed by atoms with van der Waals surface area (Å²) >= 11 is 6.17. The van der Waals surface area contributed by atoms with Crippen molar-refractivity contribution in [2.45, 2.75) is 37.6 Å². The average molecular weight is 330 g/mol. The van der Waals surface area contributed by atoms with Crippen LogP contribution < -0.4 is 5.73 Å². The Bertz CT molecular complexity index is 503. The van der Waals surface area contributed by atoms with Crippen molar-refractivity contribution in [3.8, 4) is 0 Å². The fraction of sp³-hybridized carbons (Fsp3) is 0.562. The first kappa shape index (κ1) is 18.9. The van der Waals surface area contributed by atoms with Crippen molar-refractivity contribution in [1.82, 2.24) is 0 Å². The van der Waals surface area contributed by atoms with Gasteiger partial charge < -0.3 is 20.7 Å². The van der Waals surface area contributed by atoms with Gasteiger partial charge in [-0.3, -0.25) is 4.79 Å². The van der Waals surface area contributed by atoms with Crippen molar-refractivity contribution in [2.75, 3.05) is 20.3 Å². The highest BCUT2D eigenvalue weighted by Crippen LogP contribution is 2.35. The monoisotopic (exact) mass is 329 g/mol. The van der Waals surface area contributed by atoms with Crippen LogP contribution in [0.25, 0.3) is 0 Å². The molecule has 0 aromatic heterocycles. The van der Waals surface area contributed by atoms with Gasteiger partial charge in [0.2, 0.25) is 0 Å². The molecule has 1 aromatic rings. The van der Waals surface area contributed by atoms with Crippen LogP contribution in [0, 0.1) is 0 Å². The third-order valence-corrected chi connectivity index (χ3v) is 4.34. The van der Waals surface area contributed by atoms with E-state index in [0.29, 0.717) is 30.0 Å². The van der Waals surface area contributed by atoms with Gasteiger partial charge in [-0.1, -0.05) is 24.6 Å². The van der Waals surface area contributed by atoms with Gasteiger partial charge in [-0.2, -0.15) is 0 Å². The molecule has 0 aliphatic carbocycles. The molecule has 5 nitrogen and oxygen atoms in total. The highest BCUT2D eigenvalue weighted by Gasteiger charge is 2.30. The predicted molar refractivity (Wildman–Crippen MR) is 86.2 cm³/mol. The summed E-state index contributed by atoms with van der Waals surface area (Å²) in [7, 11) is 1.62. The number of carboxylic acid groups (broad SMARTS) is 1. The molecule has 0 heterocycles. The van der Waals surface area contributed by atoms with E-state index in [0.717, 1.165) is 5.56 Å². The normalized spacial score (nSPS) is 15.3. The largest absolute Gasteiger partial charge is 0.481 e. The Labute approximate surface area is 136 Å². The number of ether oxygens (including phenoxy) is 1. The molecule has 6 heteroatoms. The van der Waals surface area contributed by atoms with Crippen molar-refractivity contribution in [3.05, 3.63) is 34.3 Å². The number of aliphatic hydroxyl groups is 1. The van der Waals surface area contributed by atoms with E-state index in [1.807, 2.05) is 13.0 Å². The zero-order valence-electron chi connectivity index (χ0n) is 13.0. The molecule has 0 spiro atoms. The maximum absolute atomic E-state index is 10.8. The van der Waals surface area contributed by atoms with E-state index in [4.69, 9.17) is 27.2 Å². The van der Waals surface area contributed by atoms with E-state index < -0.39 is 17.4 Å². The molecular weight excluding hydrogens is 306 g/mol. The van der Waals surface area contributed by atoms with Crippen LogP contribution in [-0.4, -0.2) is 36.5 Å². The minimum absolute atomic E-state index is 0.0409. The minimum Gasteiger partial charge on any atom is -0.481 e. The molecule has 0 fully saturated rings. The standard InChI is InChI=1S/C16H24ClNO4/c1-3-16(10-19,4-5-22-2)12-6-11(7-13(17)8-12)14(18)9-15(20)21/h6-8,14,19H,3-5,9-10,18H2,1-2H3,(H,20,21). The molecule has 0 saturated heterocycles. The number of benzene rings is 1. The van der Waals surface area contributed by atoms with Gasteiger partial charge in [-0.25, -0.2) is 0 Å². The highest BCUT2D eigenvalue weighted by atomic mass is 35.5. The Balaban J connectivity index is 3.21. The van der Waals surface area contributed by atoms with Gasteiger partial charge in [0.1, 0.15) is 0 Å². The molecule has 4 N–H and O–H groups in total. The van der Waals surface area contributed by atoms with Crippen molar-refractivity contribution in [2.24, 2.45) is 5.73 Å². The summed E-state index contributed by atoms with van der Waals surface area (Å²) in [6, 6.07) is 4.68. The van der Waals surface area contributed by atoms with Crippen molar-refractivity contribution in [1.29, 1.82) is 0 Å². The van der Waals surface area contributed by atoms with Crippen LogP contribution in [0.2, 0.25) is 5.02 Å². The lowest BCUT2D eigenvalue weighted by Crippen LogP contribution is -2.32. The van der Waals surface area contributed by atoms with Crippen molar-refractivity contribution < 1.29 is 19.7 Å². The Morgan fingerprint density at radius 3 is 2.64 bits per heavy atom. The summed E-state index contributed by atoms with van der Waals surface area (Å²) in [5, 5.41) is 19.3. The molecule has 1 rings (SSSR count). The van der Waals surface area contributed by atoms with Crippen LogP contribution >= 0.6 is 11.6 Å². The minimum atomic E-state index is -0.961. The number of carbonyl (C=O) groups is 1. The molecule has 2 atom stereocenters. The number of carboxylic acids is 1. The van der Waals surface area contributed by atoms with Gasteiger partial charge in [0.25, 0.3) is 0 Å². The maximum atomic E-state index is 10.8. The molecule has 0 saturated carbocycles. The maximum Gasteiger partial charge on any atom is 0.305 e. The number of aliphatic hydroxyl groups excluding tert-OH is 1. The van der Waals surface area contributed by atoms with Crippen LogP contribution in [-0.2, 0) is 14.9 Å². The van der Waals surface area contributed by atoms with Gasteiger partial charge in [0.15, 0.2) is 0 Å². The molecule has 0 aliphatic rings. The van der Waals surface area contributed by atoms with E-state index in [-0.39, 0.29) is 13.0 Å². The van der Waals surface area contributed by atoms with Crippen LogP contribution in [0.1, 0.15) is 43.4 Å². The lowest BCUT2D eigenvalue weighted by atomic mass is 9.75. The van der Waals surface area contributed by atoms with Crippen molar-refractivity contribution in [3.63, 3.8) is 0 Å². The molecule has 0 bridgehead atoms. The molecule has 0 radical (unpaired) electrons. The smallest absolute Gasteiger partial charge is 0.305 e. The van der Waals surface area contributed by atoms with E-state index >= 15 is 0 Å². The molecule has 2 unspecified atom stereocenters. The Morgan fingerprint density at radius 2 is 2.14 bits per heavy atom. The first-order valence-electron chi connectivity index (χ1n) is 7.26. The molecule has 0 amide bonds. The molecule has 22 heavy (non-hydrogen) atoms. The van der Waals surface area contributed by atoms with Gasteiger partial charge in [0, 0.05) is 30.2 Å². The number of nitrogens with two attached hydrogens (primary N) is 1. The first-order chi connectivity index (χ1) is 10.4. The van der Waals surface area contributed by atoms with E-state index in [1.165, 1.54) is 0 Å². The quantitative estimate of drug-likeness (QED) is 0.647. The summed E-state index contributed by atoms with van der Waals surface area (Å²) in [4.78, 5) is 10.8. The number of halogens is 1. The summed E-state index contributed by atoms with van der Waals surface area (Å²) in [5.74, 6) is -0.961. The Kier molecular flexibility index (Phi) is 7.29. The number of hydrogen-bond acceptors (Lipinski definition) is 4. The molecule has 124 valence electrons. The Hall–Kier alpha value is -1.14. The summed E-state index contributed by atoms with van der Waals surface area (Å²) in [5.41, 5.74) is 6.98. The average Bonchev–Trinajstić information content (AvgIpc) is 2.47. The van der Waals surface area contributed by atoms with Gasteiger partial charge in [0.05, 0.1) is 13.0 Å². The Morgan fingerprint density at radius 1 is 1.45 bits per heavy atom. The van der Waals surface area contributed by atoms with E-state index in [9.17, 15) is 9.90 Å². The van der Waals surface area contributed by atoms with Crippen molar-refractivity contribution >= 4 is 17.6 Å². The first-order valence-corrected chi connectivity index (χ1v) is 7.64. The van der Waals surface area contributed by atoms with E-state index in [1.54, 1.807) is 19.2 Å². The lowest BCUT2D eigenvalue weighted by Gasteiger charge is -2.32. The highest BCUT2D eigenvalue weighted by molar-refractivity contribution is 6.30. The zero-order chi connectivity index (χ0) is 16.8. The van der Waals surface area contributed by atoms with E-state index in [2.05, 4.69) is 0 Å². The summed E-state index contributed by atoms with van der Waals surface area (Å²) in [6.45, 7) is 2.46. The second-order valence-corrected chi connectivity index (χ2v) is 5.95. The predicted octanol–water partition coefficient (Wildman–Crippen LogP) is 2.49. The zero-order valence-corrected chi connectivity index (χ0v) is 13.8. The second kappa shape index (κ2) is 8.48. The summed E-state index contributed by atoms with van der Waals surface area (Å²) < 4.78 is 5.14. The second-order valence-electron chi connectivity index (χ2n) is 5.51. The fourth-order valence-electron chi connectivity index (χ4n) is 2.54. The fourth-order valence-corrected chi connectivity index (χ4v) is 2.79. The van der Waals surface area contributed by atoms with Crippen LogP contribution in [0.15, 0.2) is 18.2 Å². The topological polar surface area (TPSA) is 92.8 Å². The number of aliphatic carboxylic acids is 1. The number of rotatable bonds is 9. The summed E-state index contributed by atoms with van der Waals surface area (Å²) in [6.07, 6.45) is 1.18. The number of hydrogen-bond donors (Lipinski definition) is 3.